The summed E-state index contributed by atoms with van der Waals surface area (Å²) in [6.07, 6.45) is 5.42. The molecule has 0 saturated carbocycles. The van der Waals surface area contributed by atoms with Crippen molar-refractivity contribution >= 4 is 12.0 Å². The number of carbonyl (C=O) groups excluding carboxylic acids is 1. The fourth-order valence-corrected chi connectivity index (χ4v) is 0.954. The van der Waals surface area contributed by atoms with E-state index in [1.807, 2.05) is 0 Å². The molecule has 1 unspecified atom stereocenters. The fourth-order valence-electron chi connectivity index (χ4n) is 0.954. The molecule has 0 aliphatic carbocycles. The normalized spacial score (nSPS) is 11.6. The van der Waals surface area contributed by atoms with E-state index in [2.05, 4.69) is 16.6 Å². The average Bonchev–Trinajstić information content (AvgIpc) is 2.13. The van der Waals surface area contributed by atoms with Gasteiger partial charge >= 0.3 is 12.0 Å². The minimum absolute atomic E-state index is 0.166. The molecule has 2 amide bonds. The predicted octanol–water partition coefficient (Wildman–Crippen LogP) is 0.418. The van der Waals surface area contributed by atoms with Gasteiger partial charge in [-0.2, -0.15) is 0 Å². The summed E-state index contributed by atoms with van der Waals surface area (Å²) in [6, 6.07) is -1.39. The van der Waals surface area contributed by atoms with E-state index >= 15 is 0 Å². The Hall–Kier alpha value is -1.70. The number of urea groups is 1. The van der Waals surface area contributed by atoms with E-state index in [0.29, 0.717) is 13.0 Å². The Labute approximate surface area is 89.2 Å². The predicted molar refractivity (Wildman–Crippen MR) is 56.2 cm³/mol. The molecule has 0 bridgehead atoms. The van der Waals surface area contributed by atoms with Gasteiger partial charge in [-0.1, -0.05) is 13.8 Å². The summed E-state index contributed by atoms with van der Waals surface area (Å²) in [5.41, 5.74) is 0. The van der Waals surface area contributed by atoms with E-state index < -0.39 is 18.0 Å². The summed E-state index contributed by atoms with van der Waals surface area (Å²) in [5.74, 6) is 1.15. The fraction of sp³-hybridized carbons (Fsp3) is 0.600. The van der Waals surface area contributed by atoms with Crippen molar-refractivity contribution in [2.45, 2.75) is 26.3 Å². The maximum absolute atomic E-state index is 11.2. The van der Waals surface area contributed by atoms with Gasteiger partial charge in [0.25, 0.3) is 0 Å². The third kappa shape index (κ3) is 5.57. The van der Waals surface area contributed by atoms with Crippen LogP contribution in [0.15, 0.2) is 0 Å². The maximum Gasteiger partial charge on any atom is 0.326 e. The smallest absolute Gasteiger partial charge is 0.326 e. The highest BCUT2D eigenvalue weighted by atomic mass is 16.4. The number of rotatable bonds is 5. The van der Waals surface area contributed by atoms with Gasteiger partial charge < -0.3 is 15.7 Å². The van der Waals surface area contributed by atoms with Crippen molar-refractivity contribution in [1.82, 2.24) is 10.6 Å². The van der Waals surface area contributed by atoms with Gasteiger partial charge in [0.15, 0.2) is 0 Å². The summed E-state index contributed by atoms with van der Waals surface area (Å²) in [6.45, 7) is 3.79. The first-order valence-corrected chi connectivity index (χ1v) is 4.69. The number of terminal acetylenes is 1. The molecule has 3 N–H and O–H groups in total. The average molecular weight is 212 g/mol. The number of amides is 2. The summed E-state index contributed by atoms with van der Waals surface area (Å²) >= 11 is 0. The molecule has 5 heteroatoms. The lowest BCUT2D eigenvalue weighted by molar-refractivity contribution is -0.140. The lowest BCUT2D eigenvalue weighted by Gasteiger charge is -2.17. The van der Waals surface area contributed by atoms with Crippen molar-refractivity contribution in [3.05, 3.63) is 0 Å². The van der Waals surface area contributed by atoms with Crippen molar-refractivity contribution in [3.8, 4) is 12.3 Å². The minimum Gasteiger partial charge on any atom is -0.480 e. The number of hydrogen-bond acceptors (Lipinski definition) is 2. The Kier molecular flexibility index (Phi) is 5.95. The van der Waals surface area contributed by atoms with Gasteiger partial charge in [-0.05, 0) is 5.92 Å². The van der Waals surface area contributed by atoms with Gasteiger partial charge in [-0.15, -0.1) is 12.3 Å². The zero-order valence-electron chi connectivity index (χ0n) is 8.91. The van der Waals surface area contributed by atoms with Crippen LogP contribution in [-0.2, 0) is 4.79 Å². The molecular weight excluding hydrogens is 196 g/mol. The Balaban J connectivity index is 4.02. The van der Waals surface area contributed by atoms with E-state index in [-0.39, 0.29) is 5.92 Å². The standard InChI is InChI=1S/C10H16N2O3/c1-4-5-6-11-10(15)12-8(7(2)3)9(13)14/h1,7-8H,5-6H2,2-3H3,(H,13,14)(H2,11,12,15). The van der Waals surface area contributed by atoms with Crippen molar-refractivity contribution in [3.63, 3.8) is 0 Å². The van der Waals surface area contributed by atoms with Crippen molar-refractivity contribution in [1.29, 1.82) is 0 Å². The molecule has 0 aliphatic rings. The molecule has 0 fully saturated rings. The number of carboxylic acids is 1. The summed E-state index contributed by atoms with van der Waals surface area (Å²) in [4.78, 5) is 21.9. The number of aliphatic carboxylic acids is 1. The lowest BCUT2D eigenvalue weighted by Crippen LogP contribution is -2.48. The van der Waals surface area contributed by atoms with Crippen LogP contribution in [0.3, 0.4) is 0 Å². The molecule has 0 aliphatic heterocycles. The van der Waals surface area contributed by atoms with Gasteiger partial charge in [-0.3, -0.25) is 0 Å². The second kappa shape index (κ2) is 6.71. The lowest BCUT2D eigenvalue weighted by atomic mass is 10.1. The highest BCUT2D eigenvalue weighted by Gasteiger charge is 2.22. The quantitative estimate of drug-likeness (QED) is 0.456. The summed E-state index contributed by atoms with van der Waals surface area (Å²) < 4.78 is 0. The van der Waals surface area contributed by atoms with E-state index in [1.54, 1.807) is 13.8 Å². The topological polar surface area (TPSA) is 78.4 Å². The minimum atomic E-state index is -1.04. The first kappa shape index (κ1) is 13.3. The van der Waals surface area contributed by atoms with Crippen LogP contribution in [0.5, 0.6) is 0 Å². The third-order valence-corrected chi connectivity index (χ3v) is 1.77. The zero-order valence-corrected chi connectivity index (χ0v) is 8.91. The van der Waals surface area contributed by atoms with Gasteiger partial charge in [-0.25, -0.2) is 9.59 Å². The highest BCUT2D eigenvalue weighted by Crippen LogP contribution is 2.00. The van der Waals surface area contributed by atoms with Gasteiger partial charge in [0.1, 0.15) is 6.04 Å². The number of carbonyl (C=O) groups is 2. The van der Waals surface area contributed by atoms with E-state index in [1.165, 1.54) is 0 Å². The molecule has 0 spiro atoms. The van der Waals surface area contributed by atoms with Crippen LogP contribution in [-0.4, -0.2) is 29.7 Å². The van der Waals surface area contributed by atoms with Crippen LogP contribution in [0, 0.1) is 18.3 Å². The molecule has 0 aromatic carbocycles. The Morgan fingerprint density at radius 2 is 2.07 bits per heavy atom. The molecule has 15 heavy (non-hydrogen) atoms. The van der Waals surface area contributed by atoms with Crippen molar-refractivity contribution in [2.24, 2.45) is 5.92 Å². The Bertz CT molecular complexity index is 268. The maximum atomic E-state index is 11.2. The molecule has 0 aromatic rings. The van der Waals surface area contributed by atoms with Crippen LogP contribution in [0.1, 0.15) is 20.3 Å². The summed E-state index contributed by atoms with van der Waals surface area (Å²) in [5, 5.41) is 13.6. The summed E-state index contributed by atoms with van der Waals surface area (Å²) in [7, 11) is 0. The van der Waals surface area contributed by atoms with Crippen molar-refractivity contribution in [2.75, 3.05) is 6.54 Å². The molecule has 84 valence electrons. The molecule has 0 heterocycles. The molecule has 0 rings (SSSR count). The number of hydrogen-bond donors (Lipinski definition) is 3. The largest absolute Gasteiger partial charge is 0.480 e. The number of nitrogens with one attached hydrogen (secondary N) is 2. The van der Waals surface area contributed by atoms with Crippen LogP contribution in [0.25, 0.3) is 0 Å². The molecule has 0 aromatic heterocycles. The molecular formula is C10H16N2O3. The van der Waals surface area contributed by atoms with Crippen LogP contribution in [0.4, 0.5) is 4.79 Å². The molecule has 5 nitrogen and oxygen atoms in total. The molecule has 0 saturated heterocycles. The van der Waals surface area contributed by atoms with Gasteiger partial charge in [0.2, 0.25) is 0 Å². The monoisotopic (exact) mass is 212 g/mol. The Morgan fingerprint density at radius 1 is 1.47 bits per heavy atom. The van der Waals surface area contributed by atoms with E-state index in [4.69, 9.17) is 11.5 Å². The first-order chi connectivity index (χ1) is 6.99. The zero-order chi connectivity index (χ0) is 11.8. The van der Waals surface area contributed by atoms with Gasteiger partial charge in [0, 0.05) is 13.0 Å². The second-order valence-electron chi connectivity index (χ2n) is 3.41. The van der Waals surface area contributed by atoms with Gasteiger partial charge in [0.05, 0.1) is 0 Å². The molecule has 0 radical (unpaired) electrons. The van der Waals surface area contributed by atoms with Crippen molar-refractivity contribution < 1.29 is 14.7 Å². The third-order valence-electron chi connectivity index (χ3n) is 1.77. The van der Waals surface area contributed by atoms with Crippen LogP contribution >= 0.6 is 0 Å². The van der Waals surface area contributed by atoms with E-state index in [0.717, 1.165) is 0 Å². The van der Waals surface area contributed by atoms with E-state index in [9.17, 15) is 9.59 Å². The number of carboxylic acid groups (broad SMARTS) is 1. The Morgan fingerprint density at radius 3 is 2.47 bits per heavy atom. The SMILES string of the molecule is C#CCCNC(=O)NC(C(=O)O)C(C)C. The highest BCUT2D eigenvalue weighted by molar-refractivity contribution is 5.82. The van der Waals surface area contributed by atoms with Crippen LogP contribution < -0.4 is 10.6 Å². The first-order valence-electron chi connectivity index (χ1n) is 4.69. The van der Waals surface area contributed by atoms with Crippen LogP contribution in [0.2, 0.25) is 0 Å². The second-order valence-corrected chi connectivity index (χ2v) is 3.41. The molecule has 1 atom stereocenters.